The zero-order chi connectivity index (χ0) is 53.1. The van der Waals surface area contributed by atoms with Gasteiger partial charge in [0.15, 0.2) is 0 Å². The molecule has 4 aromatic rings. The summed E-state index contributed by atoms with van der Waals surface area (Å²) in [7, 11) is 0. The monoisotopic (exact) mass is 1050 g/mol. The molecule has 0 aliphatic carbocycles. The van der Waals surface area contributed by atoms with E-state index in [1.54, 1.807) is 55.5 Å². The summed E-state index contributed by atoms with van der Waals surface area (Å²) in [5, 5.41) is 15.0. The highest BCUT2D eigenvalue weighted by Gasteiger charge is 2.24. The van der Waals surface area contributed by atoms with E-state index in [1.165, 1.54) is 140 Å². The van der Waals surface area contributed by atoms with Crippen LogP contribution < -0.4 is 20.1 Å². The Kier molecular flexibility index (Phi) is 36.2. The largest absolute Gasteiger partial charge is 0.493 e. The lowest BCUT2D eigenvalue weighted by molar-refractivity contribution is -0.145. The average Bonchev–Trinajstić information content (AvgIpc) is 3.42. The molecule has 74 heavy (non-hydrogen) atoms. The first-order valence-corrected chi connectivity index (χ1v) is 30.2. The summed E-state index contributed by atoms with van der Waals surface area (Å²) < 4.78 is 16.9. The Hall–Kier alpha value is -4.94. The molecule has 4 rings (SSSR count). The normalized spacial score (nSPS) is 11.7. The van der Waals surface area contributed by atoms with Crippen molar-refractivity contribution in [3.63, 3.8) is 0 Å². The fourth-order valence-corrected chi connectivity index (χ4v) is 9.86. The molecule has 0 spiro atoms. The van der Waals surface area contributed by atoms with Crippen molar-refractivity contribution < 1.29 is 38.5 Å². The Balaban J connectivity index is 0.000000391. The van der Waals surface area contributed by atoms with Crippen molar-refractivity contribution in [1.82, 2.24) is 10.6 Å². The number of rotatable bonds is 41. The van der Waals surface area contributed by atoms with Crippen LogP contribution in [0.3, 0.4) is 0 Å². The lowest BCUT2D eigenvalue weighted by Gasteiger charge is -2.18. The van der Waals surface area contributed by atoms with Crippen molar-refractivity contribution in [3.8, 4) is 11.5 Å². The Bertz CT molecular complexity index is 2040. The number of nitrogens with one attached hydrogen (secondary N) is 2. The third kappa shape index (κ3) is 30.4. The number of carboxylic acid groups (broad SMARTS) is 1. The van der Waals surface area contributed by atoms with E-state index in [4.69, 9.17) is 14.2 Å². The maximum atomic E-state index is 12.6. The van der Waals surface area contributed by atoms with Crippen molar-refractivity contribution >= 4 is 47.3 Å². The molecule has 0 aliphatic rings. The van der Waals surface area contributed by atoms with Gasteiger partial charge in [0, 0.05) is 35.5 Å². The van der Waals surface area contributed by atoms with E-state index in [-0.39, 0.29) is 18.9 Å². The summed E-state index contributed by atoms with van der Waals surface area (Å²) in [5.41, 5.74) is 2.72. The minimum atomic E-state index is -1.06. The molecule has 0 aromatic heterocycles. The second kappa shape index (κ2) is 42.3. The minimum Gasteiger partial charge on any atom is -0.493 e. The molecule has 0 heterocycles. The molecule has 2 atom stereocenters. The fourth-order valence-electron chi connectivity index (χ4n) is 8.24. The van der Waals surface area contributed by atoms with Crippen LogP contribution in [0.25, 0.3) is 0 Å². The molecule has 408 valence electrons. The van der Waals surface area contributed by atoms with Crippen molar-refractivity contribution in [3.05, 3.63) is 131 Å². The highest BCUT2D eigenvalue weighted by Crippen LogP contribution is 2.19. The number of hydrogen-bond donors (Lipinski definition) is 3. The van der Waals surface area contributed by atoms with Crippen LogP contribution in [0.5, 0.6) is 11.5 Å². The minimum absolute atomic E-state index is 0.211. The zero-order valence-corrected chi connectivity index (χ0v) is 46.8. The molecule has 0 aliphatic heterocycles. The smallest absolute Gasteiger partial charge is 0.328 e. The molecule has 0 saturated heterocycles. The van der Waals surface area contributed by atoms with E-state index >= 15 is 0 Å². The standard InChI is InChI=1S/C32H47NO4S.C30H43NO4S/c1-3-5-6-7-8-9-10-11-12-16-24-38-25-23-37-29-21-19-27(20-22-29)26-30(32(35)36-4-2)33-31(34)28-17-14-13-15-18-28;1-2-3-4-5-6-7-8-9-10-14-22-36-23-21-35-27-19-17-25(18-20-27)24-28(30(33)34)31-29(32)26-15-12-11-13-16-26/h13-15,17-22,30H,3-12,16,23-26H2,1-2H3,(H,33,34);11-13,15-20,28H,2-10,14,21-24H2,1H3,(H,31,32)(H,33,34). The van der Waals surface area contributed by atoms with Crippen molar-refractivity contribution in [2.75, 3.05) is 42.8 Å². The number of aliphatic carboxylic acids is 1. The van der Waals surface area contributed by atoms with Crippen LogP contribution in [0.15, 0.2) is 109 Å². The quantitative estimate of drug-likeness (QED) is 0.0291. The second-order valence-corrected chi connectivity index (χ2v) is 21.3. The molecule has 0 saturated carbocycles. The average molecular weight is 1060 g/mol. The second-order valence-electron chi connectivity index (χ2n) is 18.9. The van der Waals surface area contributed by atoms with Crippen LogP contribution in [0.1, 0.15) is 181 Å². The van der Waals surface area contributed by atoms with Gasteiger partial charge in [-0.1, -0.05) is 190 Å². The van der Waals surface area contributed by atoms with Crippen LogP contribution in [0, 0.1) is 0 Å². The highest BCUT2D eigenvalue weighted by molar-refractivity contribution is 7.99. The Morgan fingerprint density at radius 1 is 0.446 bits per heavy atom. The predicted molar refractivity (Wildman–Crippen MR) is 309 cm³/mol. The third-order valence-corrected chi connectivity index (χ3v) is 14.6. The summed E-state index contributed by atoms with van der Waals surface area (Å²) in [4.78, 5) is 49.0. The van der Waals surface area contributed by atoms with Gasteiger partial charge in [0.25, 0.3) is 11.8 Å². The first kappa shape index (κ1) is 63.4. The number of thioether (sulfide) groups is 2. The number of hydrogen-bond acceptors (Lipinski definition) is 9. The van der Waals surface area contributed by atoms with E-state index in [1.807, 2.05) is 84.2 Å². The Labute approximate surface area is 454 Å². The molecular formula is C62H90N2O8S2. The summed E-state index contributed by atoms with van der Waals surface area (Å²) in [6, 6.07) is 30.9. The van der Waals surface area contributed by atoms with E-state index < -0.39 is 29.9 Å². The van der Waals surface area contributed by atoms with Crippen LogP contribution in [-0.2, 0) is 27.2 Å². The van der Waals surface area contributed by atoms with Gasteiger partial charge in [0.05, 0.1) is 19.8 Å². The van der Waals surface area contributed by atoms with Gasteiger partial charge in [-0.15, -0.1) is 0 Å². The number of unbranched alkanes of at least 4 members (excludes halogenated alkanes) is 18. The summed E-state index contributed by atoms with van der Waals surface area (Å²) in [5.74, 6) is 3.74. The van der Waals surface area contributed by atoms with Crippen LogP contribution >= 0.6 is 23.5 Å². The Morgan fingerprint density at radius 3 is 1.16 bits per heavy atom. The van der Waals surface area contributed by atoms with Crippen molar-refractivity contribution in [1.29, 1.82) is 0 Å². The number of carboxylic acids is 1. The van der Waals surface area contributed by atoms with Gasteiger partial charge in [-0.25, -0.2) is 9.59 Å². The molecule has 0 fully saturated rings. The van der Waals surface area contributed by atoms with Gasteiger partial charge in [0.1, 0.15) is 23.6 Å². The molecule has 3 N–H and O–H groups in total. The van der Waals surface area contributed by atoms with Gasteiger partial charge in [-0.3, -0.25) is 9.59 Å². The first-order valence-electron chi connectivity index (χ1n) is 27.9. The summed E-state index contributed by atoms with van der Waals surface area (Å²) >= 11 is 3.89. The van der Waals surface area contributed by atoms with Crippen molar-refractivity contribution in [2.45, 2.75) is 174 Å². The molecule has 2 unspecified atom stereocenters. The van der Waals surface area contributed by atoms with Crippen LogP contribution in [0.4, 0.5) is 0 Å². The zero-order valence-electron chi connectivity index (χ0n) is 45.2. The van der Waals surface area contributed by atoms with Gasteiger partial charge in [0.2, 0.25) is 0 Å². The highest BCUT2D eigenvalue weighted by atomic mass is 32.2. The number of amides is 2. The number of carbonyl (C=O) groups is 4. The van der Waals surface area contributed by atoms with Crippen LogP contribution in [-0.4, -0.2) is 83.8 Å². The fraction of sp³-hybridized carbons (Fsp3) is 0.548. The van der Waals surface area contributed by atoms with E-state index in [2.05, 4.69) is 24.5 Å². The van der Waals surface area contributed by atoms with Gasteiger partial charge in [-0.05, 0) is 90.9 Å². The van der Waals surface area contributed by atoms with Gasteiger partial charge >= 0.3 is 11.9 Å². The molecule has 2 amide bonds. The Morgan fingerprint density at radius 2 is 0.797 bits per heavy atom. The molecule has 12 heteroatoms. The molecule has 0 bridgehead atoms. The lowest BCUT2D eigenvalue weighted by Crippen LogP contribution is -2.43. The van der Waals surface area contributed by atoms with E-state index in [9.17, 15) is 24.3 Å². The first-order chi connectivity index (χ1) is 36.2. The molecular weight excluding hydrogens is 965 g/mol. The maximum absolute atomic E-state index is 12.6. The predicted octanol–water partition coefficient (Wildman–Crippen LogP) is 14.8. The summed E-state index contributed by atoms with van der Waals surface area (Å²) in [6.07, 6.45) is 27.9. The number of benzene rings is 4. The van der Waals surface area contributed by atoms with Crippen LogP contribution in [0.2, 0.25) is 0 Å². The van der Waals surface area contributed by atoms with Gasteiger partial charge < -0.3 is 30.0 Å². The molecule has 4 aromatic carbocycles. The SMILES string of the molecule is CCCCCCCCCCCCSCCOc1ccc(CC(NC(=O)c2ccccc2)C(=O)O)cc1.CCCCCCCCCCCCSCCOc1ccc(CC(NC(=O)c2ccccc2)C(=O)OCC)cc1. The number of ether oxygens (including phenoxy) is 3. The molecule has 0 radical (unpaired) electrons. The lowest BCUT2D eigenvalue weighted by atomic mass is 10.0. The topological polar surface area (TPSA) is 140 Å². The van der Waals surface area contributed by atoms with E-state index in [0.29, 0.717) is 30.8 Å². The molecule has 10 nitrogen and oxygen atoms in total. The maximum Gasteiger partial charge on any atom is 0.328 e. The van der Waals surface area contributed by atoms with E-state index in [0.717, 1.165) is 34.1 Å². The van der Waals surface area contributed by atoms with Gasteiger partial charge in [-0.2, -0.15) is 23.5 Å². The number of esters is 1. The number of carbonyl (C=O) groups excluding carboxylic acids is 3. The van der Waals surface area contributed by atoms with Crippen molar-refractivity contribution in [2.24, 2.45) is 0 Å². The third-order valence-electron chi connectivity index (χ3n) is 12.6. The summed E-state index contributed by atoms with van der Waals surface area (Å²) in [6.45, 7) is 7.90.